The standard InChI is InChI=1S/C10H15BrN/c1-12(2,3)10-6-4-9(8-11)5-7-10/h4-7H,8H2,1-3H3/q+1. The monoisotopic (exact) mass is 228 g/mol. The van der Waals surface area contributed by atoms with Gasteiger partial charge in [0.1, 0.15) is 5.69 Å². The molecule has 66 valence electrons. The topological polar surface area (TPSA) is 0 Å². The van der Waals surface area contributed by atoms with Gasteiger partial charge in [-0.1, -0.05) is 28.1 Å². The number of quaternary nitrogens is 1. The zero-order valence-corrected chi connectivity index (χ0v) is 9.43. The summed E-state index contributed by atoms with van der Waals surface area (Å²) in [5, 5.41) is 0.935. The Bertz CT molecular complexity index is 246. The molecule has 0 fully saturated rings. The SMILES string of the molecule is C[N+](C)(C)c1ccc(CBr)cc1. The third-order valence-electron chi connectivity index (χ3n) is 1.87. The molecule has 0 radical (unpaired) electrons. The van der Waals surface area contributed by atoms with E-state index in [2.05, 4.69) is 61.3 Å². The first-order valence-electron chi connectivity index (χ1n) is 4.01. The van der Waals surface area contributed by atoms with Crippen LogP contribution in [0.4, 0.5) is 5.69 Å². The van der Waals surface area contributed by atoms with Gasteiger partial charge in [0.15, 0.2) is 0 Å². The van der Waals surface area contributed by atoms with Crippen LogP contribution in [0.3, 0.4) is 0 Å². The Labute approximate surface area is 82.7 Å². The van der Waals surface area contributed by atoms with Gasteiger partial charge in [-0.2, -0.15) is 0 Å². The number of nitrogens with zero attached hydrogens (tertiary/aromatic N) is 1. The Morgan fingerprint density at radius 3 is 1.92 bits per heavy atom. The maximum atomic E-state index is 3.43. The smallest absolute Gasteiger partial charge is 0.132 e. The minimum atomic E-state index is 0.878. The van der Waals surface area contributed by atoms with E-state index in [4.69, 9.17) is 0 Å². The number of benzene rings is 1. The summed E-state index contributed by atoms with van der Waals surface area (Å²) < 4.78 is 0.878. The first kappa shape index (κ1) is 9.75. The summed E-state index contributed by atoms with van der Waals surface area (Å²) in [6.07, 6.45) is 0. The van der Waals surface area contributed by atoms with E-state index >= 15 is 0 Å². The van der Waals surface area contributed by atoms with Crippen LogP contribution in [0.2, 0.25) is 0 Å². The highest BCUT2D eigenvalue weighted by molar-refractivity contribution is 9.08. The summed E-state index contributed by atoms with van der Waals surface area (Å²) in [5.41, 5.74) is 2.66. The Kier molecular flexibility index (Phi) is 2.91. The Morgan fingerprint density at radius 1 is 1.08 bits per heavy atom. The molecule has 0 aliphatic rings. The van der Waals surface area contributed by atoms with Crippen LogP contribution in [-0.2, 0) is 5.33 Å². The molecule has 0 heterocycles. The van der Waals surface area contributed by atoms with Crippen molar-refractivity contribution in [1.82, 2.24) is 4.48 Å². The lowest BCUT2D eigenvalue weighted by Crippen LogP contribution is -2.34. The minimum absolute atomic E-state index is 0.878. The van der Waals surface area contributed by atoms with Gasteiger partial charge in [-0.05, 0) is 17.7 Å². The average Bonchev–Trinajstić information content (AvgIpc) is 2.03. The van der Waals surface area contributed by atoms with Crippen molar-refractivity contribution >= 4 is 21.6 Å². The fraction of sp³-hybridized carbons (Fsp3) is 0.400. The van der Waals surface area contributed by atoms with Crippen molar-refractivity contribution in [2.24, 2.45) is 0 Å². The summed E-state index contributed by atoms with van der Waals surface area (Å²) in [6.45, 7) is 0. The number of halogens is 1. The van der Waals surface area contributed by atoms with Crippen molar-refractivity contribution in [2.75, 3.05) is 21.1 Å². The Balaban J connectivity index is 2.93. The molecule has 0 N–H and O–H groups in total. The molecule has 0 saturated heterocycles. The second-order valence-electron chi connectivity index (χ2n) is 3.81. The van der Waals surface area contributed by atoms with E-state index in [1.165, 1.54) is 11.3 Å². The zero-order chi connectivity index (χ0) is 9.19. The molecule has 1 aromatic rings. The van der Waals surface area contributed by atoms with E-state index in [0.717, 1.165) is 9.81 Å². The summed E-state index contributed by atoms with van der Waals surface area (Å²) in [4.78, 5) is 0. The molecule has 0 aliphatic carbocycles. The second kappa shape index (κ2) is 3.58. The van der Waals surface area contributed by atoms with Gasteiger partial charge in [-0.15, -0.1) is 0 Å². The third kappa shape index (κ3) is 2.32. The summed E-state index contributed by atoms with van der Waals surface area (Å²) in [7, 11) is 6.51. The molecule has 0 amide bonds. The first-order chi connectivity index (χ1) is 5.54. The number of alkyl halides is 1. The molecule has 0 spiro atoms. The van der Waals surface area contributed by atoms with Gasteiger partial charge in [0.2, 0.25) is 0 Å². The molecular formula is C10H15BrN+. The van der Waals surface area contributed by atoms with Gasteiger partial charge in [0.05, 0.1) is 21.1 Å². The van der Waals surface area contributed by atoms with E-state index < -0.39 is 0 Å². The molecule has 0 atom stereocenters. The molecule has 1 rings (SSSR count). The van der Waals surface area contributed by atoms with Gasteiger partial charge in [-0.3, -0.25) is 4.48 Å². The molecule has 2 heteroatoms. The lowest BCUT2D eigenvalue weighted by molar-refractivity contribution is 0.486. The van der Waals surface area contributed by atoms with Crippen molar-refractivity contribution in [3.8, 4) is 0 Å². The van der Waals surface area contributed by atoms with Gasteiger partial charge < -0.3 is 0 Å². The lowest BCUT2D eigenvalue weighted by Gasteiger charge is -2.23. The van der Waals surface area contributed by atoms with Crippen LogP contribution in [0.25, 0.3) is 0 Å². The van der Waals surface area contributed by atoms with Crippen LogP contribution < -0.4 is 4.48 Å². The maximum absolute atomic E-state index is 3.43. The average molecular weight is 229 g/mol. The summed E-state index contributed by atoms with van der Waals surface area (Å²) >= 11 is 3.43. The second-order valence-corrected chi connectivity index (χ2v) is 4.37. The highest BCUT2D eigenvalue weighted by Crippen LogP contribution is 2.17. The highest BCUT2D eigenvalue weighted by atomic mass is 79.9. The lowest BCUT2D eigenvalue weighted by atomic mass is 10.2. The number of rotatable bonds is 2. The predicted molar refractivity (Wildman–Crippen MR) is 58.6 cm³/mol. The van der Waals surface area contributed by atoms with Gasteiger partial charge in [0, 0.05) is 5.33 Å². The van der Waals surface area contributed by atoms with Crippen LogP contribution in [0.5, 0.6) is 0 Å². The van der Waals surface area contributed by atoms with Crippen molar-refractivity contribution in [2.45, 2.75) is 5.33 Å². The van der Waals surface area contributed by atoms with Crippen LogP contribution in [0.15, 0.2) is 24.3 Å². The van der Waals surface area contributed by atoms with E-state index in [0.29, 0.717) is 0 Å². The van der Waals surface area contributed by atoms with Gasteiger partial charge >= 0.3 is 0 Å². The van der Waals surface area contributed by atoms with Crippen LogP contribution in [0.1, 0.15) is 5.56 Å². The molecule has 0 saturated carbocycles. The third-order valence-corrected chi connectivity index (χ3v) is 2.51. The van der Waals surface area contributed by atoms with E-state index in [1.54, 1.807) is 0 Å². The quantitative estimate of drug-likeness (QED) is 0.540. The summed E-state index contributed by atoms with van der Waals surface area (Å²) in [5.74, 6) is 0. The molecule has 1 aromatic carbocycles. The van der Waals surface area contributed by atoms with Crippen LogP contribution in [-0.4, -0.2) is 21.1 Å². The maximum Gasteiger partial charge on any atom is 0.132 e. The molecule has 0 bridgehead atoms. The van der Waals surface area contributed by atoms with E-state index in [9.17, 15) is 0 Å². The molecule has 0 aromatic heterocycles. The van der Waals surface area contributed by atoms with Crippen LogP contribution >= 0.6 is 15.9 Å². The molecule has 0 unspecified atom stereocenters. The van der Waals surface area contributed by atoms with Crippen molar-refractivity contribution in [1.29, 1.82) is 0 Å². The molecule has 12 heavy (non-hydrogen) atoms. The van der Waals surface area contributed by atoms with Crippen LogP contribution in [0, 0.1) is 0 Å². The highest BCUT2D eigenvalue weighted by Gasteiger charge is 2.10. The summed E-state index contributed by atoms with van der Waals surface area (Å²) in [6, 6.07) is 8.67. The Hall–Kier alpha value is -0.340. The number of hydrogen-bond donors (Lipinski definition) is 0. The molecule has 0 aliphatic heterocycles. The fourth-order valence-corrected chi connectivity index (χ4v) is 1.41. The van der Waals surface area contributed by atoms with E-state index in [-0.39, 0.29) is 0 Å². The fourth-order valence-electron chi connectivity index (χ4n) is 1.03. The largest absolute Gasteiger partial charge is 0.298 e. The van der Waals surface area contributed by atoms with Crippen molar-refractivity contribution in [3.05, 3.63) is 29.8 Å². The van der Waals surface area contributed by atoms with E-state index in [1.807, 2.05) is 0 Å². The van der Waals surface area contributed by atoms with Crippen molar-refractivity contribution in [3.63, 3.8) is 0 Å². The van der Waals surface area contributed by atoms with Gasteiger partial charge in [0.25, 0.3) is 0 Å². The first-order valence-corrected chi connectivity index (χ1v) is 5.13. The molecule has 1 nitrogen and oxygen atoms in total. The normalized spacial score (nSPS) is 11.7. The number of hydrogen-bond acceptors (Lipinski definition) is 0. The minimum Gasteiger partial charge on any atom is -0.298 e. The Morgan fingerprint density at radius 2 is 1.58 bits per heavy atom. The van der Waals surface area contributed by atoms with Crippen molar-refractivity contribution < 1.29 is 0 Å². The predicted octanol–water partition coefficient (Wildman–Crippen LogP) is 2.78. The molecular weight excluding hydrogens is 214 g/mol. The van der Waals surface area contributed by atoms with Gasteiger partial charge in [-0.25, -0.2) is 0 Å². The zero-order valence-electron chi connectivity index (χ0n) is 7.84.